The van der Waals surface area contributed by atoms with Crippen LogP contribution in [0.5, 0.6) is 5.75 Å². The van der Waals surface area contributed by atoms with E-state index in [1.54, 1.807) is 24.6 Å². The second-order valence-corrected chi connectivity index (χ2v) is 4.28. The van der Waals surface area contributed by atoms with Gasteiger partial charge in [-0.1, -0.05) is 0 Å². The van der Waals surface area contributed by atoms with Gasteiger partial charge in [0.1, 0.15) is 11.6 Å². The molecule has 84 valence electrons. The lowest BCUT2D eigenvalue weighted by Crippen LogP contribution is -2.06. The quantitative estimate of drug-likeness (QED) is 0.881. The molecule has 0 aliphatic rings. The zero-order chi connectivity index (χ0) is 11.4. The number of hydrogen-bond acceptors (Lipinski definition) is 4. The van der Waals surface area contributed by atoms with Crippen LogP contribution in [0.2, 0.25) is 0 Å². The summed E-state index contributed by atoms with van der Waals surface area (Å²) in [6.07, 6.45) is 1.74. The molecule has 0 saturated carbocycles. The normalized spacial score (nSPS) is 12.1. The van der Waals surface area contributed by atoms with Crippen LogP contribution < -0.4 is 10.1 Å². The minimum atomic E-state index is 0.255. The predicted molar refractivity (Wildman–Crippen MR) is 67.1 cm³/mol. The van der Waals surface area contributed by atoms with Gasteiger partial charge in [0.15, 0.2) is 0 Å². The van der Waals surface area contributed by atoms with Crippen molar-refractivity contribution in [2.24, 2.45) is 0 Å². The molecule has 1 atom stereocenters. The largest absolute Gasteiger partial charge is 0.497 e. The molecule has 0 aliphatic carbocycles. The van der Waals surface area contributed by atoms with Gasteiger partial charge in [-0.3, -0.25) is 0 Å². The van der Waals surface area contributed by atoms with Gasteiger partial charge in [-0.25, -0.2) is 4.98 Å². The van der Waals surface area contributed by atoms with Crippen LogP contribution in [-0.2, 0) is 0 Å². The molecular formula is C12H14N2OS. The third-order valence-corrected chi connectivity index (χ3v) is 3.08. The van der Waals surface area contributed by atoms with Gasteiger partial charge in [-0.05, 0) is 35.4 Å². The summed E-state index contributed by atoms with van der Waals surface area (Å²) in [7, 11) is 1.65. The van der Waals surface area contributed by atoms with Gasteiger partial charge >= 0.3 is 0 Å². The summed E-state index contributed by atoms with van der Waals surface area (Å²) in [4.78, 5) is 4.25. The fraction of sp³-hybridized carbons (Fsp3) is 0.250. The molecule has 0 spiro atoms. The number of aromatic nitrogens is 1. The monoisotopic (exact) mass is 234 g/mol. The Morgan fingerprint density at radius 3 is 3.00 bits per heavy atom. The van der Waals surface area contributed by atoms with Crippen LogP contribution in [0, 0.1) is 0 Å². The van der Waals surface area contributed by atoms with E-state index in [0.717, 1.165) is 11.6 Å². The molecule has 2 aromatic heterocycles. The molecule has 0 amide bonds. The number of pyridine rings is 1. The van der Waals surface area contributed by atoms with Gasteiger partial charge in [0, 0.05) is 12.3 Å². The second kappa shape index (κ2) is 4.99. The minimum Gasteiger partial charge on any atom is -0.497 e. The Morgan fingerprint density at radius 2 is 2.31 bits per heavy atom. The van der Waals surface area contributed by atoms with E-state index in [2.05, 4.69) is 34.1 Å². The van der Waals surface area contributed by atoms with Crippen molar-refractivity contribution in [2.75, 3.05) is 12.4 Å². The highest BCUT2D eigenvalue weighted by Gasteiger charge is 2.06. The zero-order valence-corrected chi connectivity index (χ0v) is 10.1. The van der Waals surface area contributed by atoms with Crippen molar-refractivity contribution in [1.82, 2.24) is 4.98 Å². The van der Waals surface area contributed by atoms with E-state index in [1.807, 2.05) is 12.1 Å². The first-order valence-electron chi connectivity index (χ1n) is 5.08. The maximum atomic E-state index is 5.15. The van der Waals surface area contributed by atoms with Gasteiger partial charge < -0.3 is 10.1 Å². The predicted octanol–water partition coefficient (Wildman–Crippen LogP) is 3.32. The topological polar surface area (TPSA) is 34.1 Å². The Morgan fingerprint density at radius 1 is 1.44 bits per heavy atom. The molecule has 4 heteroatoms. The van der Waals surface area contributed by atoms with Crippen molar-refractivity contribution < 1.29 is 4.74 Å². The van der Waals surface area contributed by atoms with E-state index in [4.69, 9.17) is 4.74 Å². The van der Waals surface area contributed by atoms with Gasteiger partial charge in [-0.2, -0.15) is 11.3 Å². The molecule has 2 heterocycles. The van der Waals surface area contributed by atoms with Gasteiger partial charge in [0.25, 0.3) is 0 Å². The fourth-order valence-corrected chi connectivity index (χ4v) is 2.20. The number of hydrogen-bond donors (Lipinski definition) is 1. The van der Waals surface area contributed by atoms with E-state index in [1.165, 1.54) is 5.56 Å². The molecule has 0 aromatic carbocycles. The SMILES string of the molecule is COc1ccnc(NC(C)c2ccsc2)c1. The number of nitrogens with one attached hydrogen (secondary N) is 1. The second-order valence-electron chi connectivity index (χ2n) is 3.50. The maximum absolute atomic E-state index is 5.15. The Labute approximate surface area is 99.1 Å². The van der Waals surface area contributed by atoms with Crippen LogP contribution >= 0.6 is 11.3 Å². The molecule has 3 nitrogen and oxygen atoms in total. The highest BCUT2D eigenvalue weighted by atomic mass is 32.1. The van der Waals surface area contributed by atoms with Gasteiger partial charge in [0.2, 0.25) is 0 Å². The Hall–Kier alpha value is -1.55. The number of ether oxygens (including phenoxy) is 1. The van der Waals surface area contributed by atoms with Crippen molar-refractivity contribution in [1.29, 1.82) is 0 Å². The van der Waals surface area contributed by atoms with Crippen LogP contribution in [0.15, 0.2) is 35.2 Å². The maximum Gasteiger partial charge on any atom is 0.130 e. The summed E-state index contributed by atoms with van der Waals surface area (Å²) < 4.78 is 5.15. The summed E-state index contributed by atoms with van der Waals surface area (Å²) in [6.45, 7) is 2.11. The van der Waals surface area contributed by atoms with Gasteiger partial charge in [-0.15, -0.1) is 0 Å². The first-order valence-corrected chi connectivity index (χ1v) is 6.02. The van der Waals surface area contributed by atoms with Crippen LogP contribution in [-0.4, -0.2) is 12.1 Å². The van der Waals surface area contributed by atoms with E-state index in [0.29, 0.717) is 0 Å². The number of thiophene rings is 1. The fourth-order valence-electron chi connectivity index (χ4n) is 1.44. The van der Waals surface area contributed by atoms with Crippen LogP contribution in [0.25, 0.3) is 0 Å². The molecule has 0 saturated heterocycles. The molecule has 0 fully saturated rings. The molecule has 0 aliphatic heterocycles. The van der Waals surface area contributed by atoms with Crippen molar-refractivity contribution in [2.45, 2.75) is 13.0 Å². The number of anilines is 1. The Balaban J connectivity index is 2.08. The van der Waals surface area contributed by atoms with Gasteiger partial charge in [0.05, 0.1) is 13.2 Å². The van der Waals surface area contributed by atoms with E-state index >= 15 is 0 Å². The first kappa shape index (κ1) is 11.0. The number of nitrogens with zero attached hydrogens (tertiary/aromatic N) is 1. The summed E-state index contributed by atoms with van der Waals surface area (Å²) in [5.74, 6) is 1.65. The molecule has 2 aromatic rings. The van der Waals surface area contributed by atoms with Crippen molar-refractivity contribution >= 4 is 17.2 Å². The Kier molecular flexibility index (Phi) is 3.41. The third-order valence-electron chi connectivity index (χ3n) is 2.37. The highest BCUT2D eigenvalue weighted by molar-refractivity contribution is 7.07. The van der Waals surface area contributed by atoms with Crippen LogP contribution in [0.3, 0.4) is 0 Å². The third kappa shape index (κ3) is 2.52. The highest BCUT2D eigenvalue weighted by Crippen LogP contribution is 2.21. The van der Waals surface area contributed by atoms with E-state index < -0.39 is 0 Å². The first-order chi connectivity index (χ1) is 7.79. The molecule has 1 N–H and O–H groups in total. The lowest BCUT2D eigenvalue weighted by Gasteiger charge is -2.13. The Bertz CT molecular complexity index is 442. The molecular weight excluding hydrogens is 220 g/mol. The molecule has 0 radical (unpaired) electrons. The summed E-state index contributed by atoms with van der Waals surface area (Å²) in [5.41, 5.74) is 1.27. The van der Waals surface area contributed by atoms with Crippen molar-refractivity contribution in [3.05, 3.63) is 40.7 Å². The van der Waals surface area contributed by atoms with Crippen molar-refractivity contribution in [3.8, 4) is 5.75 Å². The van der Waals surface area contributed by atoms with E-state index in [-0.39, 0.29) is 6.04 Å². The summed E-state index contributed by atoms with van der Waals surface area (Å²) in [6, 6.07) is 6.09. The standard InChI is InChI=1S/C12H14N2OS/c1-9(10-4-6-16-8-10)14-12-7-11(15-2)3-5-13-12/h3-9H,1-2H3,(H,13,14). The summed E-state index contributed by atoms with van der Waals surface area (Å²) in [5, 5.41) is 7.55. The summed E-state index contributed by atoms with van der Waals surface area (Å²) >= 11 is 1.70. The van der Waals surface area contributed by atoms with Crippen molar-refractivity contribution in [3.63, 3.8) is 0 Å². The smallest absolute Gasteiger partial charge is 0.130 e. The average Bonchev–Trinajstić information content (AvgIpc) is 2.83. The molecule has 16 heavy (non-hydrogen) atoms. The minimum absolute atomic E-state index is 0.255. The molecule has 2 rings (SSSR count). The average molecular weight is 234 g/mol. The number of rotatable bonds is 4. The zero-order valence-electron chi connectivity index (χ0n) is 9.31. The lowest BCUT2D eigenvalue weighted by atomic mass is 10.2. The lowest BCUT2D eigenvalue weighted by molar-refractivity contribution is 0.414. The van der Waals surface area contributed by atoms with Crippen LogP contribution in [0.4, 0.5) is 5.82 Å². The number of methoxy groups -OCH3 is 1. The van der Waals surface area contributed by atoms with E-state index in [9.17, 15) is 0 Å². The van der Waals surface area contributed by atoms with Crippen LogP contribution in [0.1, 0.15) is 18.5 Å². The molecule has 1 unspecified atom stereocenters. The molecule has 0 bridgehead atoms.